The van der Waals surface area contributed by atoms with Crippen molar-refractivity contribution in [2.45, 2.75) is 13.5 Å². The summed E-state index contributed by atoms with van der Waals surface area (Å²) in [5.41, 5.74) is 1.78. The molecular formula is C12H13F2N3. The van der Waals surface area contributed by atoms with Crippen molar-refractivity contribution in [3.8, 4) is 0 Å². The van der Waals surface area contributed by atoms with Gasteiger partial charge in [-0.3, -0.25) is 4.68 Å². The van der Waals surface area contributed by atoms with Crippen LogP contribution in [0.1, 0.15) is 11.3 Å². The van der Waals surface area contributed by atoms with Gasteiger partial charge in [-0.2, -0.15) is 5.10 Å². The molecule has 90 valence electrons. The van der Waals surface area contributed by atoms with Crippen LogP contribution in [-0.4, -0.2) is 9.78 Å². The van der Waals surface area contributed by atoms with E-state index < -0.39 is 11.6 Å². The highest BCUT2D eigenvalue weighted by Crippen LogP contribution is 2.19. The van der Waals surface area contributed by atoms with Crippen molar-refractivity contribution in [2.75, 3.05) is 5.32 Å². The summed E-state index contributed by atoms with van der Waals surface area (Å²) >= 11 is 0. The number of hydrogen-bond donors (Lipinski definition) is 1. The van der Waals surface area contributed by atoms with Gasteiger partial charge in [0.1, 0.15) is 17.3 Å². The van der Waals surface area contributed by atoms with Gasteiger partial charge in [-0.1, -0.05) is 6.07 Å². The second kappa shape index (κ2) is 4.53. The molecule has 3 nitrogen and oxygen atoms in total. The third-order valence-corrected chi connectivity index (χ3v) is 2.76. The lowest BCUT2D eigenvalue weighted by atomic mass is 10.2. The van der Waals surface area contributed by atoms with Crippen LogP contribution in [0.5, 0.6) is 0 Å². The minimum atomic E-state index is -0.591. The monoisotopic (exact) mass is 237 g/mol. The van der Waals surface area contributed by atoms with E-state index in [0.29, 0.717) is 6.54 Å². The molecule has 0 fully saturated rings. The second-order valence-electron chi connectivity index (χ2n) is 3.83. The molecule has 0 radical (unpaired) electrons. The highest BCUT2D eigenvalue weighted by atomic mass is 19.1. The van der Waals surface area contributed by atoms with E-state index in [4.69, 9.17) is 0 Å². The van der Waals surface area contributed by atoms with E-state index in [9.17, 15) is 8.78 Å². The maximum Gasteiger partial charge on any atom is 0.149 e. The molecule has 0 saturated carbocycles. The van der Waals surface area contributed by atoms with E-state index in [-0.39, 0.29) is 5.69 Å². The first-order valence-electron chi connectivity index (χ1n) is 5.25. The molecule has 2 rings (SSSR count). The average Bonchev–Trinajstić information content (AvgIpc) is 2.60. The fourth-order valence-corrected chi connectivity index (χ4v) is 1.57. The van der Waals surface area contributed by atoms with Crippen LogP contribution >= 0.6 is 0 Å². The van der Waals surface area contributed by atoms with E-state index >= 15 is 0 Å². The number of nitrogens with zero attached hydrogens (tertiary/aromatic N) is 2. The molecule has 0 aliphatic carbocycles. The summed E-state index contributed by atoms with van der Waals surface area (Å²) in [5.74, 6) is -1.18. The number of halogens is 2. The largest absolute Gasteiger partial charge is 0.376 e. The van der Waals surface area contributed by atoms with Crippen LogP contribution in [0.3, 0.4) is 0 Å². The highest BCUT2D eigenvalue weighted by molar-refractivity contribution is 5.46. The Labute approximate surface area is 98.1 Å². The molecule has 0 saturated heterocycles. The third kappa shape index (κ3) is 2.27. The molecule has 5 heteroatoms. The van der Waals surface area contributed by atoms with Crippen molar-refractivity contribution in [3.63, 3.8) is 0 Å². The first kappa shape index (κ1) is 11.6. The quantitative estimate of drug-likeness (QED) is 0.889. The number of para-hydroxylation sites is 1. The van der Waals surface area contributed by atoms with Gasteiger partial charge in [0, 0.05) is 24.8 Å². The van der Waals surface area contributed by atoms with Crippen LogP contribution in [0, 0.1) is 18.6 Å². The molecule has 1 N–H and O–H groups in total. The smallest absolute Gasteiger partial charge is 0.149 e. The van der Waals surface area contributed by atoms with Crippen molar-refractivity contribution in [2.24, 2.45) is 7.05 Å². The number of nitrogens with one attached hydrogen (secondary N) is 1. The zero-order chi connectivity index (χ0) is 12.4. The Bertz CT molecular complexity index is 514. The Kier molecular flexibility index (Phi) is 3.08. The summed E-state index contributed by atoms with van der Waals surface area (Å²) < 4.78 is 28.4. The van der Waals surface area contributed by atoms with Crippen molar-refractivity contribution in [1.29, 1.82) is 0 Å². The van der Waals surface area contributed by atoms with Crippen LogP contribution < -0.4 is 5.32 Å². The normalized spacial score (nSPS) is 10.6. The number of hydrogen-bond acceptors (Lipinski definition) is 2. The summed E-state index contributed by atoms with van der Waals surface area (Å²) in [6.45, 7) is 2.25. The highest BCUT2D eigenvalue weighted by Gasteiger charge is 2.09. The van der Waals surface area contributed by atoms with Gasteiger partial charge in [0.15, 0.2) is 0 Å². The Morgan fingerprint density at radius 2 is 1.94 bits per heavy atom. The molecule has 1 aromatic carbocycles. The lowest BCUT2D eigenvalue weighted by Crippen LogP contribution is -2.04. The van der Waals surface area contributed by atoms with Gasteiger partial charge in [-0.15, -0.1) is 0 Å². The molecule has 0 spiro atoms. The molecule has 17 heavy (non-hydrogen) atoms. The van der Waals surface area contributed by atoms with Gasteiger partial charge in [0.25, 0.3) is 0 Å². The summed E-state index contributed by atoms with van der Waals surface area (Å²) in [6.07, 6.45) is 1.68. The first-order valence-corrected chi connectivity index (χ1v) is 5.25. The van der Waals surface area contributed by atoms with Gasteiger partial charge in [0.05, 0.1) is 6.20 Å². The lowest BCUT2D eigenvalue weighted by molar-refractivity contribution is 0.588. The molecule has 1 heterocycles. The van der Waals surface area contributed by atoms with E-state index in [0.717, 1.165) is 11.3 Å². The molecule has 0 aliphatic rings. The van der Waals surface area contributed by atoms with E-state index in [1.165, 1.54) is 18.2 Å². The van der Waals surface area contributed by atoms with Gasteiger partial charge < -0.3 is 5.32 Å². The fourth-order valence-electron chi connectivity index (χ4n) is 1.57. The van der Waals surface area contributed by atoms with Gasteiger partial charge in [-0.05, 0) is 19.1 Å². The maximum absolute atomic E-state index is 13.3. The Morgan fingerprint density at radius 3 is 2.47 bits per heavy atom. The lowest BCUT2D eigenvalue weighted by Gasteiger charge is -2.08. The predicted octanol–water partition coefficient (Wildman–Crippen LogP) is 2.62. The van der Waals surface area contributed by atoms with Gasteiger partial charge in [0.2, 0.25) is 0 Å². The molecule has 0 aliphatic heterocycles. The topological polar surface area (TPSA) is 29.9 Å². The minimum absolute atomic E-state index is 0.101. The minimum Gasteiger partial charge on any atom is -0.376 e. The Morgan fingerprint density at radius 1 is 1.29 bits per heavy atom. The Hall–Kier alpha value is -1.91. The van der Waals surface area contributed by atoms with E-state index in [1.807, 2.05) is 14.0 Å². The van der Waals surface area contributed by atoms with Crippen LogP contribution in [0.25, 0.3) is 0 Å². The van der Waals surface area contributed by atoms with Crippen molar-refractivity contribution >= 4 is 5.69 Å². The van der Waals surface area contributed by atoms with Crippen molar-refractivity contribution < 1.29 is 8.78 Å². The molecule has 0 bridgehead atoms. The fraction of sp³-hybridized carbons (Fsp3) is 0.250. The van der Waals surface area contributed by atoms with Gasteiger partial charge >= 0.3 is 0 Å². The number of anilines is 1. The summed E-state index contributed by atoms with van der Waals surface area (Å²) in [4.78, 5) is 0. The summed E-state index contributed by atoms with van der Waals surface area (Å²) in [7, 11) is 1.82. The second-order valence-corrected chi connectivity index (χ2v) is 3.83. The average molecular weight is 237 g/mol. The van der Waals surface area contributed by atoms with Crippen LogP contribution in [0.2, 0.25) is 0 Å². The number of aryl methyl sites for hydroxylation is 1. The van der Waals surface area contributed by atoms with Crippen LogP contribution in [0.15, 0.2) is 24.4 Å². The third-order valence-electron chi connectivity index (χ3n) is 2.76. The van der Waals surface area contributed by atoms with Gasteiger partial charge in [-0.25, -0.2) is 8.78 Å². The number of benzene rings is 1. The molecule has 1 aromatic heterocycles. The number of aromatic nitrogens is 2. The molecule has 0 unspecified atom stereocenters. The maximum atomic E-state index is 13.3. The first-order chi connectivity index (χ1) is 8.09. The van der Waals surface area contributed by atoms with E-state index in [2.05, 4.69) is 10.4 Å². The van der Waals surface area contributed by atoms with Crippen LogP contribution in [0.4, 0.5) is 14.5 Å². The summed E-state index contributed by atoms with van der Waals surface area (Å²) in [5, 5.41) is 6.81. The zero-order valence-corrected chi connectivity index (χ0v) is 9.67. The molecule has 0 amide bonds. The molecular weight excluding hydrogens is 224 g/mol. The SMILES string of the molecule is Cc1c(CNc2c(F)cccc2F)cnn1C. The number of rotatable bonds is 3. The standard InChI is InChI=1S/C12H13F2N3/c1-8-9(7-16-17(8)2)6-15-12-10(13)4-3-5-11(12)14/h3-5,7,15H,6H2,1-2H3. The molecule has 2 aromatic rings. The van der Waals surface area contributed by atoms with Crippen molar-refractivity contribution in [1.82, 2.24) is 9.78 Å². The van der Waals surface area contributed by atoms with Crippen LogP contribution in [-0.2, 0) is 13.6 Å². The predicted molar refractivity (Wildman–Crippen MR) is 61.6 cm³/mol. The zero-order valence-electron chi connectivity index (χ0n) is 9.67. The molecule has 0 atom stereocenters. The van der Waals surface area contributed by atoms with E-state index in [1.54, 1.807) is 10.9 Å². The summed E-state index contributed by atoms with van der Waals surface area (Å²) in [6, 6.07) is 3.79. The Balaban J connectivity index is 2.15. The van der Waals surface area contributed by atoms with Crippen molar-refractivity contribution in [3.05, 3.63) is 47.3 Å².